The molecule has 10 heteroatoms. The molecule has 0 spiro atoms. The van der Waals surface area contributed by atoms with Crippen molar-refractivity contribution in [2.75, 3.05) is 40.1 Å². The van der Waals surface area contributed by atoms with Gasteiger partial charge in [0.2, 0.25) is 0 Å². The molecule has 0 amide bonds. The summed E-state index contributed by atoms with van der Waals surface area (Å²) >= 11 is 0. The molecule has 2 bridgehead atoms. The Labute approximate surface area is 322 Å². The summed E-state index contributed by atoms with van der Waals surface area (Å²) in [5, 5.41) is 19.8. The number of carboxylic acids is 1. The van der Waals surface area contributed by atoms with Gasteiger partial charge in [0.1, 0.15) is 6.33 Å². The van der Waals surface area contributed by atoms with Crippen molar-refractivity contribution < 1.29 is 24.1 Å². The zero-order valence-electron chi connectivity index (χ0n) is 34.1. The molecule has 4 heterocycles. The predicted octanol–water partition coefficient (Wildman–Crippen LogP) is 7.62. The topological polar surface area (TPSA) is 121 Å². The fourth-order valence-corrected chi connectivity index (χ4v) is 13.8. The first-order valence-electron chi connectivity index (χ1n) is 20.9. The molecule has 0 unspecified atom stereocenters. The molecule has 0 radical (unpaired) electrons. The van der Waals surface area contributed by atoms with Crippen LogP contribution in [0.5, 0.6) is 0 Å². The number of carbonyl (C=O) groups is 1. The number of ether oxygens (including phenoxy) is 3. The van der Waals surface area contributed by atoms with E-state index in [2.05, 4.69) is 76.6 Å². The maximum absolute atomic E-state index is 13.6. The number of hydrogen-bond acceptors (Lipinski definition) is 8. The molecule has 2 saturated heterocycles. The van der Waals surface area contributed by atoms with Crippen molar-refractivity contribution in [3.05, 3.63) is 42.5 Å². The first kappa shape index (κ1) is 38.2. The van der Waals surface area contributed by atoms with E-state index in [0.29, 0.717) is 43.5 Å². The van der Waals surface area contributed by atoms with E-state index in [-0.39, 0.29) is 44.8 Å². The number of pyridine rings is 1. The number of rotatable bonds is 9. The lowest BCUT2D eigenvalue weighted by molar-refractivity contribution is -0.253. The standard InChI is InChI=1S/C44H65N5O5/c1-28(2)29(3)39(4)15-16-41(6)31-9-10-34-40(5)24-53-26-44(34,32(31)11-14-42(41,7)35(39)38(50)51)23-33(36(40)54-25-43(45-8)17-21-52-22-18-43)49-37(47-27-48-49)30-12-19-46-20-13-30/h11-13,19-20,27-29,31,33-36,45H,9-10,14-18,21-26H2,1-8H3,(H,50,51)/t29-,31+,33-,34+,35-,36+,39-,40+,41-,42+,44+/m1/s1. The fourth-order valence-electron chi connectivity index (χ4n) is 13.8. The van der Waals surface area contributed by atoms with Crippen LogP contribution in [0.15, 0.2) is 42.5 Å². The normalized spacial score (nSPS) is 41.9. The number of aliphatic carboxylic acids is 1. The molecule has 4 aliphatic carbocycles. The number of fused-ring (bicyclic) bond motifs is 3. The highest BCUT2D eigenvalue weighted by Crippen LogP contribution is 2.75. The quantitative estimate of drug-likeness (QED) is 0.250. The van der Waals surface area contributed by atoms with Gasteiger partial charge in [-0.3, -0.25) is 9.78 Å². The summed E-state index contributed by atoms with van der Waals surface area (Å²) < 4.78 is 22.2. The monoisotopic (exact) mass is 743 g/mol. The number of allylic oxidation sites excluding steroid dienone is 1. The minimum atomic E-state index is -0.618. The van der Waals surface area contributed by atoms with Crippen LogP contribution in [0, 0.1) is 56.7 Å². The molecule has 10 nitrogen and oxygen atoms in total. The van der Waals surface area contributed by atoms with E-state index in [1.54, 1.807) is 6.33 Å². The maximum Gasteiger partial charge on any atom is 0.307 e. The zero-order valence-corrected chi connectivity index (χ0v) is 34.1. The van der Waals surface area contributed by atoms with Crippen LogP contribution >= 0.6 is 0 Å². The van der Waals surface area contributed by atoms with E-state index in [1.165, 1.54) is 5.57 Å². The molecular weight excluding hydrogens is 679 g/mol. The fraction of sp³-hybridized carbons (Fsp3) is 0.773. The third-order valence-electron chi connectivity index (χ3n) is 17.4. The Morgan fingerprint density at radius 2 is 1.76 bits per heavy atom. The van der Waals surface area contributed by atoms with E-state index in [0.717, 1.165) is 76.0 Å². The first-order chi connectivity index (χ1) is 25.7. The Morgan fingerprint density at radius 1 is 1.02 bits per heavy atom. The summed E-state index contributed by atoms with van der Waals surface area (Å²) in [6.45, 7) is 19.7. The van der Waals surface area contributed by atoms with Crippen molar-refractivity contribution in [3.63, 3.8) is 0 Å². The average molecular weight is 744 g/mol. The summed E-state index contributed by atoms with van der Waals surface area (Å²) in [5.41, 5.74) is 1.10. The lowest BCUT2D eigenvalue weighted by Crippen LogP contribution is -2.69. The van der Waals surface area contributed by atoms with Crippen molar-refractivity contribution >= 4 is 5.97 Å². The number of nitrogens with one attached hydrogen (secondary N) is 1. The Kier molecular flexibility index (Phi) is 9.54. The van der Waals surface area contributed by atoms with Gasteiger partial charge in [-0.05, 0) is 110 Å². The molecule has 6 aliphatic rings. The maximum atomic E-state index is 13.6. The molecule has 296 valence electrons. The zero-order chi connectivity index (χ0) is 38.3. The van der Waals surface area contributed by atoms with Crippen LogP contribution in [-0.2, 0) is 19.0 Å². The third-order valence-corrected chi connectivity index (χ3v) is 17.4. The lowest BCUT2D eigenvalue weighted by atomic mass is 9.34. The van der Waals surface area contributed by atoms with Gasteiger partial charge < -0.3 is 24.6 Å². The molecule has 3 saturated carbocycles. The molecule has 0 aromatic carbocycles. The van der Waals surface area contributed by atoms with Gasteiger partial charge in [-0.25, -0.2) is 9.67 Å². The largest absolute Gasteiger partial charge is 0.481 e. The number of hydrogen-bond donors (Lipinski definition) is 2. The third kappa shape index (κ3) is 5.38. The lowest BCUT2D eigenvalue weighted by Gasteiger charge is -2.71. The molecule has 8 rings (SSSR count). The first-order valence-corrected chi connectivity index (χ1v) is 20.9. The Hall–Kier alpha value is -2.66. The summed E-state index contributed by atoms with van der Waals surface area (Å²) in [6.07, 6.45) is 15.3. The molecule has 2 aromatic rings. The second kappa shape index (κ2) is 13.5. The van der Waals surface area contributed by atoms with E-state index < -0.39 is 11.9 Å². The highest BCUT2D eigenvalue weighted by molar-refractivity contribution is 5.73. The van der Waals surface area contributed by atoms with Crippen LogP contribution in [-0.4, -0.2) is 82.5 Å². The molecule has 2 aromatic heterocycles. The van der Waals surface area contributed by atoms with Crippen LogP contribution in [0.1, 0.15) is 106 Å². The summed E-state index contributed by atoms with van der Waals surface area (Å²) in [7, 11) is 2.06. The van der Waals surface area contributed by atoms with Gasteiger partial charge in [-0.1, -0.05) is 60.1 Å². The van der Waals surface area contributed by atoms with Gasteiger partial charge in [-0.15, -0.1) is 0 Å². The van der Waals surface area contributed by atoms with Crippen molar-refractivity contribution in [1.29, 1.82) is 0 Å². The smallest absolute Gasteiger partial charge is 0.307 e. The molecule has 54 heavy (non-hydrogen) atoms. The van der Waals surface area contributed by atoms with Gasteiger partial charge >= 0.3 is 5.97 Å². The van der Waals surface area contributed by atoms with Gasteiger partial charge in [0.25, 0.3) is 0 Å². The van der Waals surface area contributed by atoms with Crippen LogP contribution < -0.4 is 5.32 Å². The highest BCUT2D eigenvalue weighted by atomic mass is 16.5. The Bertz CT molecular complexity index is 1740. The molecule has 2 aliphatic heterocycles. The highest BCUT2D eigenvalue weighted by Gasteiger charge is 2.72. The second-order valence-corrected chi connectivity index (χ2v) is 19.8. The molecule has 11 atom stereocenters. The van der Waals surface area contributed by atoms with Crippen LogP contribution in [0.4, 0.5) is 0 Å². The van der Waals surface area contributed by atoms with Crippen molar-refractivity contribution in [2.45, 2.75) is 118 Å². The average Bonchev–Trinajstić information content (AvgIpc) is 3.65. The molecular formula is C44H65N5O5. The molecule has 5 fully saturated rings. The summed E-state index contributed by atoms with van der Waals surface area (Å²) in [6, 6.07) is 3.95. The predicted molar refractivity (Wildman–Crippen MR) is 207 cm³/mol. The number of likely N-dealkylation sites (N-methyl/N-ethyl adjacent to an activating group) is 1. The van der Waals surface area contributed by atoms with E-state index in [4.69, 9.17) is 24.3 Å². The van der Waals surface area contributed by atoms with Crippen LogP contribution in [0.25, 0.3) is 11.4 Å². The minimum Gasteiger partial charge on any atom is -0.481 e. The summed E-state index contributed by atoms with van der Waals surface area (Å²) in [5.74, 6) is 1.19. The SMILES string of the molecule is CNC1(CO[C@H]2[C@H](n3ncnc3-c3ccncc3)C[C@@]34COC[C@@]2(C)[C@@H]3CC[C@H]2C4=CC[C@@]3(C)[C@H](C(=O)O)[C@@](C)([C@H](C)C(C)C)CC[C@]23C)CCOCC1. The summed E-state index contributed by atoms with van der Waals surface area (Å²) in [4.78, 5) is 22.7. The minimum absolute atomic E-state index is 0.0800. The Balaban J connectivity index is 1.23. The second-order valence-electron chi connectivity index (χ2n) is 19.8. The van der Waals surface area contributed by atoms with E-state index >= 15 is 0 Å². The van der Waals surface area contributed by atoms with Crippen molar-refractivity contribution in [1.82, 2.24) is 25.1 Å². The van der Waals surface area contributed by atoms with Gasteiger partial charge in [0.15, 0.2) is 5.82 Å². The van der Waals surface area contributed by atoms with Crippen molar-refractivity contribution in [2.24, 2.45) is 56.7 Å². The number of carboxylic acid groups (broad SMARTS) is 1. The van der Waals surface area contributed by atoms with Gasteiger partial charge in [0.05, 0.1) is 37.9 Å². The van der Waals surface area contributed by atoms with Gasteiger partial charge in [-0.2, -0.15) is 5.10 Å². The number of aromatic nitrogens is 4. The van der Waals surface area contributed by atoms with Crippen LogP contribution in [0.2, 0.25) is 0 Å². The van der Waals surface area contributed by atoms with Crippen molar-refractivity contribution in [3.8, 4) is 11.4 Å². The van der Waals surface area contributed by atoms with Gasteiger partial charge in [0, 0.05) is 47.5 Å². The molecule has 2 N–H and O–H groups in total. The van der Waals surface area contributed by atoms with E-state index in [9.17, 15) is 9.90 Å². The Morgan fingerprint density at radius 3 is 2.44 bits per heavy atom. The van der Waals surface area contributed by atoms with E-state index in [1.807, 2.05) is 24.5 Å². The number of nitrogens with zero attached hydrogens (tertiary/aromatic N) is 4. The van der Waals surface area contributed by atoms with Crippen LogP contribution in [0.3, 0.4) is 0 Å².